The third-order valence-corrected chi connectivity index (χ3v) is 2.97. The summed E-state index contributed by atoms with van der Waals surface area (Å²) in [5.41, 5.74) is 0.295. The van der Waals surface area contributed by atoms with Crippen LogP contribution in [0.1, 0.15) is 19.8 Å². The van der Waals surface area contributed by atoms with Crippen molar-refractivity contribution < 1.29 is 4.18 Å². The van der Waals surface area contributed by atoms with E-state index >= 15 is 0 Å². The maximum Gasteiger partial charge on any atom is 0.0794 e. The minimum Gasteiger partial charge on any atom is -0.314 e. The van der Waals surface area contributed by atoms with Crippen molar-refractivity contribution >= 4 is 12.0 Å². The molecule has 0 saturated carbocycles. The maximum atomic E-state index is 5.37. The molecular weight excluding hydrogens is 158 g/mol. The Morgan fingerprint density at radius 3 is 2.82 bits per heavy atom. The number of hydrogen-bond donors (Lipinski definition) is 0. The van der Waals surface area contributed by atoms with Crippen LogP contribution in [-0.2, 0) is 4.18 Å². The number of rotatable bonds is 3. The molecule has 1 rings (SSSR count). The van der Waals surface area contributed by atoms with Gasteiger partial charge in [-0.2, -0.15) is 0 Å². The average molecular weight is 175 g/mol. The second kappa shape index (κ2) is 3.78. The van der Waals surface area contributed by atoms with E-state index in [-0.39, 0.29) is 0 Å². The van der Waals surface area contributed by atoms with Gasteiger partial charge >= 0.3 is 0 Å². The van der Waals surface area contributed by atoms with Gasteiger partial charge in [-0.3, -0.25) is 4.90 Å². The number of likely N-dealkylation sites (tertiary alicyclic amines) is 1. The highest BCUT2D eigenvalue weighted by atomic mass is 32.2. The number of nitrogens with zero attached hydrogens (tertiary/aromatic N) is 1. The zero-order valence-corrected chi connectivity index (χ0v) is 8.41. The molecule has 1 aliphatic rings. The minimum absolute atomic E-state index is 0.295. The Balaban J connectivity index is 2.38. The molecule has 1 aliphatic heterocycles. The molecule has 0 aromatic carbocycles. The molecule has 1 fully saturated rings. The second-order valence-electron chi connectivity index (χ2n) is 3.45. The second-order valence-corrected chi connectivity index (χ2v) is 4.02. The van der Waals surface area contributed by atoms with Crippen molar-refractivity contribution in [2.45, 2.75) is 25.3 Å². The van der Waals surface area contributed by atoms with Crippen molar-refractivity contribution in [3.8, 4) is 0 Å². The Hall–Kier alpha value is 0.270. The molecule has 0 amide bonds. The van der Waals surface area contributed by atoms with Gasteiger partial charge in [-0.1, -0.05) is 0 Å². The Bertz CT molecular complexity index is 131. The van der Waals surface area contributed by atoms with Crippen molar-refractivity contribution in [2.24, 2.45) is 0 Å². The van der Waals surface area contributed by atoms with Crippen molar-refractivity contribution in [3.63, 3.8) is 0 Å². The summed E-state index contributed by atoms with van der Waals surface area (Å²) >= 11 is 1.46. The van der Waals surface area contributed by atoms with Crippen molar-refractivity contribution in [1.29, 1.82) is 0 Å². The van der Waals surface area contributed by atoms with Gasteiger partial charge in [0.05, 0.1) is 6.61 Å². The summed E-state index contributed by atoms with van der Waals surface area (Å²) < 4.78 is 5.37. The molecule has 1 heterocycles. The lowest BCUT2D eigenvalue weighted by atomic mass is 10.0. The Morgan fingerprint density at radius 1 is 1.64 bits per heavy atom. The highest BCUT2D eigenvalue weighted by Gasteiger charge is 2.33. The van der Waals surface area contributed by atoms with Crippen LogP contribution in [0.5, 0.6) is 0 Å². The first-order valence-electron chi connectivity index (χ1n) is 4.06. The third-order valence-electron chi connectivity index (χ3n) is 2.62. The van der Waals surface area contributed by atoms with Gasteiger partial charge in [0, 0.05) is 11.8 Å². The van der Waals surface area contributed by atoms with Crippen LogP contribution in [0.4, 0.5) is 0 Å². The molecule has 1 atom stereocenters. The SMILES string of the molecule is CSOC[C@]1(C)CCCN1C. The highest BCUT2D eigenvalue weighted by molar-refractivity contribution is 7.93. The van der Waals surface area contributed by atoms with Crippen molar-refractivity contribution in [2.75, 3.05) is 26.5 Å². The van der Waals surface area contributed by atoms with Gasteiger partial charge in [0.15, 0.2) is 0 Å². The lowest BCUT2D eigenvalue weighted by molar-refractivity contribution is 0.127. The molecule has 0 aromatic rings. The van der Waals surface area contributed by atoms with E-state index in [1.54, 1.807) is 0 Å². The monoisotopic (exact) mass is 175 g/mol. The van der Waals surface area contributed by atoms with Gasteiger partial charge in [-0.25, -0.2) is 0 Å². The first-order chi connectivity index (χ1) is 5.19. The van der Waals surface area contributed by atoms with Gasteiger partial charge in [0.25, 0.3) is 0 Å². The van der Waals surface area contributed by atoms with E-state index in [0.29, 0.717) is 5.54 Å². The molecule has 11 heavy (non-hydrogen) atoms. The third kappa shape index (κ3) is 2.10. The fourth-order valence-electron chi connectivity index (χ4n) is 1.53. The summed E-state index contributed by atoms with van der Waals surface area (Å²) in [5.74, 6) is 0. The fourth-order valence-corrected chi connectivity index (χ4v) is 1.90. The van der Waals surface area contributed by atoms with E-state index in [1.807, 2.05) is 6.26 Å². The topological polar surface area (TPSA) is 12.5 Å². The lowest BCUT2D eigenvalue weighted by Gasteiger charge is -2.31. The maximum absolute atomic E-state index is 5.37. The molecule has 0 unspecified atom stereocenters. The predicted molar refractivity (Wildman–Crippen MR) is 49.7 cm³/mol. The van der Waals surface area contributed by atoms with Crippen LogP contribution < -0.4 is 0 Å². The van der Waals surface area contributed by atoms with Crippen LogP contribution in [0, 0.1) is 0 Å². The zero-order chi connectivity index (χ0) is 8.32. The van der Waals surface area contributed by atoms with E-state index in [0.717, 1.165) is 6.61 Å². The quantitative estimate of drug-likeness (QED) is 0.607. The Kier molecular flexibility index (Phi) is 3.22. The summed E-state index contributed by atoms with van der Waals surface area (Å²) in [6.45, 7) is 4.34. The van der Waals surface area contributed by atoms with Crippen LogP contribution in [0.3, 0.4) is 0 Å². The van der Waals surface area contributed by atoms with Gasteiger partial charge in [-0.15, -0.1) is 0 Å². The normalized spacial score (nSPS) is 33.0. The first-order valence-corrected chi connectivity index (χ1v) is 5.21. The lowest BCUT2D eigenvalue weighted by Crippen LogP contribution is -2.41. The minimum atomic E-state index is 0.295. The summed E-state index contributed by atoms with van der Waals surface area (Å²) in [5, 5.41) is 0. The molecular formula is C8H17NOS. The zero-order valence-electron chi connectivity index (χ0n) is 7.59. The molecule has 0 spiro atoms. The fraction of sp³-hybridized carbons (Fsp3) is 1.00. The van der Waals surface area contributed by atoms with Crippen molar-refractivity contribution in [1.82, 2.24) is 4.90 Å². The van der Waals surface area contributed by atoms with Crippen LogP contribution in [0.2, 0.25) is 0 Å². The highest BCUT2D eigenvalue weighted by Crippen LogP contribution is 2.28. The number of hydrogen-bond acceptors (Lipinski definition) is 3. The summed E-state index contributed by atoms with van der Waals surface area (Å²) in [4.78, 5) is 2.39. The van der Waals surface area contributed by atoms with Gasteiger partial charge in [0.1, 0.15) is 0 Å². The molecule has 0 aliphatic carbocycles. The molecule has 0 bridgehead atoms. The summed E-state index contributed by atoms with van der Waals surface area (Å²) in [6.07, 6.45) is 4.55. The van der Waals surface area contributed by atoms with Gasteiger partial charge in [-0.05, 0) is 45.4 Å². The number of likely N-dealkylation sites (N-methyl/N-ethyl adjacent to an activating group) is 1. The largest absolute Gasteiger partial charge is 0.314 e. The van der Waals surface area contributed by atoms with E-state index in [4.69, 9.17) is 4.18 Å². The molecule has 66 valence electrons. The van der Waals surface area contributed by atoms with E-state index < -0.39 is 0 Å². The molecule has 1 saturated heterocycles. The van der Waals surface area contributed by atoms with Crippen LogP contribution >= 0.6 is 12.0 Å². The van der Waals surface area contributed by atoms with Crippen LogP contribution in [0.15, 0.2) is 0 Å². The first kappa shape index (κ1) is 9.36. The van der Waals surface area contributed by atoms with Gasteiger partial charge < -0.3 is 4.18 Å². The molecule has 0 radical (unpaired) electrons. The van der Waals surface area contributed by atoms with Crippen molar-refractivity contribution in [3.05, 3.63) is 0 Å². The average Bonchev–Trinajstić information content (AvgIpc) is 2.30. The summed E-state index contributed by atoms with van der Waals surface area (Å²) in [7, 11) is 2.18. The van der Waals surface area contributed by atoms with E-state index in [1.165, 1.54) is 31.4 Å². The van der Waals surface area contributed by atoms with Gasteiger partial charge in [0.2, 0.25) is 0 Å². The summed E-state index contributed by atoms with van der Waals surface area (Å²) in [6, 6.07) is 0. The molecule has 2 nitrogen and oxygen atoms in total. The van der Waals surface area contributed by atoms with Crippen LogP contribution in [0.25, 0.3) is 0 Å². The van der Waals surface area contributed by atoms with E-state index in [2.05, 4.69) is 18.9 Å². The Morgan fingerprint density at radius 2 is 2.36 bits per heavy atom. The molecule has 0 aromatic heterocycles. The Labute approximate surface area is 73.5 Å². The smallest absolute Gasteiger partial charge is 0.0794 e. The standard InChI is InChI=1S/C8H17NOS/c1-8(7-10-11-3)5-4-6-9(8)2/h4-7H2,1-3H3/t8-/m0/s1. The predicted octanol–water partition coefficient (Wildman–Crippen LogP) is 1.77. The molecule has 0 N–H and O–H groups in total. The van der Waals surface area contributed by atoms with E-state index in [9.17, 15) is 0 Å². The molecule has 3 heteroatoms. The van der Waals surface area contributed by atoms with Crippen LogP contribution in [-0.4, -0.2) is 36.9 Å².